The van der Waals surface area contributed by atoms with Gasteiger partial charge in [-0.15, -0.1) is 11.3 Å². The SMILES string of the molecule is CCOC(=O)c1nc(N2CCCc3ccccc32)sc1C. The lowest BCUT2D eigenvalue weighted by Crippen LogP contribution is -2.24. The molecule has 2 heterocycles. The van der Waals surface area contributed by atoms with E-state index in [9.17, 15) is 4.79 Å². The second-order valence-corrected chi connectivity index (χ2v) is 6.19. The molecule has 21 heavy (non-hydrogen) atoms. The zero-order valence-corrected chi connectivity index (χ0v) is 13.1. The van der Waals surface area contributed by atoms with Gasteiger partial charge in [-0.25, -0.2) is 9.78 Å². The van der Waals surface area contributed by atoms with Gasteiger partial charge < -0.3 is 9.64 Å². The predicted molar refractivity (Wildman–Crippen MR) is 84.6 cm³/mol. The Hall–Kier alpha value is -1.88. The van der Waals surface area contributed by atoms with Crippen LogP contribution in [-0.4, -0.2) is 24.1 Å². The van der Waals surface area contributed by atoms with Crippen LogP contribution in [0.2, 0.25) is 0 Å². The second-order valence-electron chi connectivity index (χ2n) is 5.01. The van der Waals surface area contributed by atoms with Gasteiger partial charge in [0.15, 0.2) is 10.8 Å². The van der Waals surface area contributed by atoms with Crippen LogP contribution in [0.25, 0.3) is 0 Å². The van der Waals surface area contributed by atoms with Crippen molar-refractivity contribution in [3.8, 4) is 0 Å². The molecule has 1 aliphatic heterocycles. The summed E-state index contributed by atoms with van der Waals surface area (Å²) >= 11 is 1.55. The first-order chi connectivity index (χ1) is 10.2. The molecule has 1 aliphatic rings. The van der Waals surface area contributed by atoms with Crippen molar-refractivity contribution in [2.24, 2.45) is 0 Å². The molecule has 0 N–H and O–H groups in total. The lowest BCUT2D eigenvalue weighted by atomic mass is 10.0. The Labute approximate surface area is 128 Å². The first kappa shape index (κ1) is 14.1. The van der Waals surface area contributed by atoms with Crippen molar-refractivity contribution in [1.82, 2.24) is 4.98 Å². The highest BCUT2D eigenvalue weighted by atomic mass is 32.1. The highest BCUT2D eigenvalue weighted by molar-refractivity contribution is 7.15. The van der Waals surface area contributed by atoms with Crippen molar-refractivity contribution in [3.05, 3.63) is 40.4 Å². The maximum Gasteiger partial charge on any atom is 0.358 e. The number of rotatable bonds is 3. The maximum absolute atomic E-state index is 11.9. The van der Waals surface area contributed by atoms with Gasteiger partial charge >= 0.3 is 5.97 Å². The highest BCUT2D eigenvalue weighted by Crippen LogP contribution is 2.36. The number of carbonyl (C=O) groups excluding carboxylic acids is 1. The first-order valence-electron chi connectivity index (χ1n) is 7.20. The molecule has 0 aliphatic carbocycles. The van der Waals surface area contributed by atoms with Crippen LogP contribution in [0, 0.1) is 6.92 Å². The standard InChI is InChI=1S/C16H18N2O2S/c1-3-20-15(19)14-11(2)21-16(17-14)18-10-6-8-12-7-4-5-9-13(12)18/h4-5,7,9H,3,6,8,10H2,1-2H3. The molecule has 4 nitrogen and oxygen atoms in total. The van der Waals surface area contributed by atoms with E-state index in [0.717, 1.165) is 29.4 Å². The number of benzene rings is 1. The van der Waals surface area contributed by atoms with Crippen LogP contribution in [0.15, 0.2) is 24.3 Å². The average Bonchev–Trinajstić information content (AvgIpc) is 2.89. The van der Waals surface area contributed by atoms with E-state index in [1.807, 2.05) is 13.0 Å². The van der Waals surface area contributed by atoms with Crippen molar-refractivity contribution < 1.29 is 9.53 Å². The third-order valence-corrected chi connectivity index (χ3v) is 4.59. The lowest BCUT2D eigenvalue weighted by Gasteiger charge is -2.28. The quantitative estimate of drug-likeness (QED) is 0.811. The summed E-state index contributed by atoms with van der Waals surface area (Å²) < 4.78 is 5.07. The van der Waals surface area contributed by atoms with Crippen LogP contribution in [0.1, 0.15) is 34.3 Å². The smallest absolute Gasteiger partial charge is 0.358 e. The van der Waals surface area contributed by atoms with E-state index in [0.29, 0.717) is 12.3 Å². The van der Waals surface area contributed by atoms with Crippen molar-refractivity contribution >= 4 is 28.1 Å². The Kier molecular flexibility index (Phi) is 3.92. The number of aryl methyl sites for hydroxylation is 2. The molecule has 1 aromatic heterocycles. The zero-order chi connectivity index (χ0) is 14.8. The molecule has 0 saturated carbocycles. The summed E-state index contributed by atoms with van der Waals surface area (Å²) in [5.74, 6) is -0.331. The Morgan fingerprint density at radius 3 is 3.05 bits per heavy atom. The maximum atomic E-state index is 11.9. The molecule has 0 unspecified atom stereocenters. The minimum Gasteiger partial charge on any atom is -0.461 e. The molecule has 0 bridgehead atoms. The van der Waals surface area contributed by atoms with Gasteiger partial charge in [0.05, 0.1) is 6.61 Å². The minimum atomic E-state index is -0.331. The number of ether oxygens (including phenoxy) is 1. The summed E-state index contributed by atoms with van der Waals surface area (Å²) in [4.78, 5) is 19.5. The fourth-order valence-corrected chi connectivity index (χ4v) is 3.56. The van der Waals surface area contributed by atoms with E-state index in [4.69, 9.17) is 4.74 Å². The molecule has 0 fully saturated rings. The van der Waals surface area contributed by atoms with Gasteiger partial charge in [0.1, 0.15) is 0 Å². The summed E-state index contributed by atoms with van der Waals surface area (Å²) in [7, 11) is 0. The number of hydrogen-bond donors (Lipinski definition) is 0. The Morgan fingerprint density at radius 2 is 2.24 bits per heavy atom. The fourth-order valence-electron chi connectivity index (χ4n) is 2.62. The topological polar surface area (TPSA) is 42.4 Å². The monoisotopic (exact) mass is 302 g/mol. The molecular weight excluding hydrogens is 284 g/mol. The number of anilines is 2. The molecule has 5 heteroatoms. The number of fused-ring (bicyclic) bond motifs is 1. The molecule has 0 saturated heterocycles. The molecule has 0 radical (unpaired) electrons. The zero-order valence-electron chi connectivity index (χ0n) is 12.3. The summed E-state index contributed by atoms with van der Waals surface area (Å²) in [6.45, 7) is 5.04. The van der Waals surface area contributed by atoms with E-state index in [-0.39, 0.29) is 5.97 Å². The van der Waals surface area contributed by atoms with E-state index < -0.39 is 0 Å². The van der Waals surface area contributed by atoms with Crippen LogP contribution in [0.3, 0.4) is 0 Å². The van der Waals surface area contributed by atoms with E-state index in [1.54, 1.807) is 18.3 Å². The number of thiazole rings is 1. The van der Waals surface area contributed by atoms with Crippen molar-refractivity contribution in [1.29, 1.82) is 0 Å². The van der Waals surface area contributed by atoms with E-state index in [1.165, 1.54) is 11.3 Å². The minimum absolute atomic E-state index is 0.331. The second kappa shape index (κ2) is 5.85. The summed E-state index contributed by atoms with van der Waals surface area (Å²) in [5.41, 5.74) is 2.99. The van der Waals surface area contributed by atoms with Gasteiger partial charge in [0.2, 0.25) is 0 Å². The Balaban J connectivity index is 1.95. The number of hydrogen-bond acceptors (Lipinski definition) is 5. The third kappa shape index (κ3) is 2.65. The molecule has 110 valence electrons. The number of carbonyl (C=O) groups is 1. The van der Waals surface area contributed by atoms with Crippen molar-refractivity contribution in [3.63, 3.8) is 0 Å². The van der Waals surface area contributed by atoms with E-state index >= 15 is 0 Å². The van der Waals surface area contributed by atoms with Crippen LogP contribution >= 0.6 is 11.3 Å². The number of aromatic nitrogens is 1. The largest absolute Gasteiger partial charge is 0.461 e. The van der Waals surface area contributed by atoms with Gasteiger partial charge in [0, 0.05) is 17.1 Å². The molecular formula is C16H18N2O2S. The van der Waals surface area contributed by atoms with Crippen LogP contribution in [0.5, 0.6) is 0 Å². The fraction of sp³-hybridized carbons (Fsp3) is 0.375. The average molecular weight is 302 g/mol. The number of para-hydroxylation sites is 1. The number of esters is 1. The molecule has 0 amide bonds. The Bertz CT molecular complexity index is 666. The van der Waals surface area contributed by atoms with Gasteiger partial charge in [0.25, 0.3) is 0 Å². The van der Waals surface area contributed by atoms with Gasteiger partial charge in [-0.2, -0.15) is 0 Å². The van der Waals surface area contributed by atoms with Gasteiger partial charge in [-0.1, -0.05) is 18.2 Å². The van der Waals surface area contributed by atoms with E-state index in [2.05, 4.69) is 28.1 Å². The highest BCUT2D eigenvalue weighted by Gasteiger charge is 2.23. The first-order valence-corrected chi connectivity index (χ1v) is 8.02. The van der Waals surface area contributed by atoms with Crippen molar-refractivity contribution in [2.45, 2.75) is 26.7 Å². The van der Waals surface area contributed by atoms with Gasteiger partial charge in [-0.3, -0.25) is 0 Å². The Morgan fingerprint density at radius 1 is 1.43 bits per heavy atom. The summed E-state index contributed by atoms with van der Waals surface area (Å²) in [6.07, 6.45) is 2.20. The van der Waals surface area contributed by atoms with Crippen LogP contribution in [-0.2, 0) is 11.2 Å². The normalized spacial score (nSPS) is 13.9. The molecule has 0 atom stereocenters. The molecule has 1 aromatic carbocycles. The lowest BCUT2D eigenvalue weighted by molar-refractivity contribution is 0.0519. The molecule has 0 spiro atoms. The summed E-state index contributed by atoms with van der Waals surface area (Å²) in [6, 6.07) is 8.40. The van der Waals surface area contributed by atoms with Gasteiger partial charge in [-0.05, 0) is 38.3 Å². The summed E-state index contributed by atoms with van der Waals surface area (Å²) in [5, 5.41) is 0.878. The molecule has 2 aromatic rings. The number of nitrogens with zero attached hydrogens (tertiary/aromatic N) is 2. The predicted octanol–water partition coefficient (Wildman–Crippen LogP) is 3.71. The van der Waals surface area contributed by atoms with Crippen LogP contribution < -0.4 is 4.90 Å². The van der Waals surface area contributed by atoms with Crippen LogP contribution in [0.4, 0.5) is 10.8 Å². The van der Waals surface area contributed by atoms with Crippen molar-refractivity contribution in [2.75, 3.05) is 18.1 Å². The molecule has 3 rings (SSSR count). The third-order valence-electron chi connectivity index (χ3n) is 3.60.